The van der Waals surface area contributed by atoms with E-state index in [4.69, 9.17) is 0 Å². The standard InChI is InChI=1S/CH7B3S3/c5-2-1(3-6)4-7/h1-7H. The van der Waals surface area contributed by atoms with Crippen molar-refractivity contribution in [2.75, 3.05) is 0 Å². The quantitative estimate of drug-likeness (QED) is 0.349. The van der Waals surface area contributed by atoms with Gasteiger partial charge in [0.05, 0.1) is 0 Å². The predicted molar refractivity (Wildman–Crippen MR) is 52.2 cm³/mol. The van der Waals surface area contributed by atoms with E-state index in [1.54, 1.807) is 0 Å². The van der Waals surface area contributed by atoms with Crippen LogP contribution in [0.2, 0.25) is 5.62 Å². The fourth-order valence-corrected chi connectivity index (χ4v) is 1.56. The van der Waals surface area contributed by atoms with E-state index in [2.05, 4.69) is 37.4 Å². The predicted octanol–water partition coefficient (Wildman–Crippen LogP) is -0.466. The lowest BCUT2D eigenvalue weighted by Gasteiger charge is -1.98. The highest BCUT2D eigenvalue weighted by Gasteiger charge is 2.04. The Balaban J connectivity index is 2.99. The first-order chi connectivity index (χ1) is 3.35. The molecule has 0 aromatic heterocycles. The molecule has 0 atom stereocenters. The lowest BCUT2D eigenvalue weighted by atomic mass is 9.55. The first-order valence-corrected chi connectivity index (χ1v) is 4.07. The minimum Gasteiger partial charge on any atom is -0.233 e. The number of hydrogen-bond acceptors (Lipinski definition) is 3. The monoisotopic (exact) mass is 148 g/mol. The summed E-state index contributed by atoms with van der Waals surface area (Å²) in [4.78, 5) is 0. The highest BCUT2D eigenvalue weighted by molar-refractivity contribution is 8.14. The van der Waals surface area contributed by atoms with Crippen molar-refractivity contribution in [1.29, 1.82) is 0 Å². The van der Waals surface area contributed by atoms with Crippen LogP contribution in [0.25, 0.3) is 0 Å². The van der Waals surface area contributed by atoms with Crippen LogP contribution in [0.1, 0.15) is 0 Å². The molecule has 0 fully saturated rings. The zero-order chi connectivity index (χ0) is 5.70. The molecule has 38 valence electrons. The van der Waals surface area contributed by atoms with Crippen LogP contribution in [0.15, 0.2) is 0 Å². The summed E-state index contributed by atoms with van der Waals surface area (Å²) in [6, 6.07) is 0. The molecular formula is CH7B3S3. The van der Waals surface area contributed by atoms with Gasteiger partial charge in [0.25, 0.3) is 0 Å². The zero-order valence-corrected chi connectivity index (χ0v) is 6.72. The molecule has 0 nitrogen and oxygen atoms in total. The van der Waals surface area contributed by atoms with Gasteiger partial charge in [0.1, 0.15) is 0 Å². The molecule has 0 aromatic carbocycles. The van der Waals surface area contributed by atoms with Crippen molar-refractivity contribution < 1.29 is 0 Å². The highest BCUT2D eigenvalue weighted by atomic mass is 32.1. The van der Waals surface area contributed by atoms with Gasteiger partial charge in [-0.15, -0.1) is 0 Å². The summed E-state index contributed by atoms with van der Waals surface area (Å²) in [5.41, 5.74) is 0.579. The summed E-state index contributed by atoms with van der Waals surface area (Å²) in [6.07, 6.45) is 0. The topological polar surface area (TPSA) is 0 Å². The van der Waals surface area contributed by atoms with Gasteiger partial charge in [-0.25, -0.2) is 37.4 Å². The number of thiol groups is 3. The van der Waals surface area contributed by atoms with Gasteiger partial charge in [-0.1, -0.05) is 5.62 Å². The van der Waals surface area contributed by atoms with Crippen molar-refractivity contribution >= 4 is 57.1 Å². The maximum absolute atomic E-state index is 4.08. The molecule has 0 heterocycles. The molecule has 0 radical (unpaired) electrons. The maximum Gasteiger partial charge on any atom is 0.177 e. The first kappa shape index (κ1) is 8.24. The van der Waals surface area contributed by atoms with E-state index in [9.17, 15) is 0 Å². The second kappa shape index (κ2) is 5.38. The zero-order valence-electron chi connectivity index (χ0n) is 4.04. The maximum atomic E-state index is 4.08. The van der Waals surface area contributed by atoms with E-state index in [1.165, 1.54) is 0 Å². The van der Waals surface area contributed by atoms with Crippen molar-refractivity contribution in [2.24, 2.45) is 0 Å². The van der Waals surface area contributed by atoms with Gasteiger partial charge >= 0.3 is 0 Å². The molecule has 0 unspecified atom stereocenters. The molecule has 0 aliphatic heterocycles. The fraction of sp³-hybridized carbons (Fsp3) is 1.00. The molecular weight excluding hydrogens is 141 g/mol. The Bertz CT molecular complexity index is 31.7. The third-order valence-electron chi connectivity index (χ3n) is 0.775. The lowest BCUT2D eigenvalue weighted by molar-refractivity contribution is 1.88. The summed E-state index contributed by atoms with van der Waals surface area (Å²) in [6.45, 7) is 2.69. The summed E-state index contributed by atoms with van der Waals surface area (Å²) < 4.78 is 0. The summed E-state index contributed by atoms with van der Waals surface area (Å²) in [5.74, 6) is 0. The molecule has 0 saturated carbocycles. The van der Waals surface area contributed by atoms with E-state index in [1.807, 2.05) is 0 Å². The van der Waals surface area contributed by atoms with Crippen LogP contribution in [0.4, 0.5) is 0 Å². The third kappa shape index (κ3) is 3.80. The van der Waals surface area contributed by atoms with Crippen molar-refractivity contribution in [3.63, 3.8) is 0 Å². The van der Waals surface area contributed by atoms with E-state index >= 15 is 0 Å². The summed E-state index contributed by atoms with van der Waals surface area (Å²) >= 11 is 12.2. The molecule has 0 aliphatic carbocycles. The van der Waals surface area contributed by atoms with E-state index in [-0.39, 0.29) is 0 Å². The second-order valence-corrected chi connectivity index (χ2v) is 2.51. The largest absolute Gasteiger partial charge is 0.233 e. The van der Waals surface area contributed by atoms with Crippen molar-refractivity contribution in [1.82, 2.24) is 0 Å². The second-order valence-electron chi connectivity index (χ2n) is 1.41. The van der Waals surface area contributed by atoms with Crippen molar-refractivity contribution in [3.8, 4) is 0 Å². The van der Waals surface area contributed by atoms with Crippen LogP contribution in [-0.4, -0.2) is 19.7 Å². The lowest BCUT2D eigenvalue weighted by Crippen LogP contribution is -2.06. The van der Waals surface area contributed by atoms with Crippen molar-refractivity contribution in [3.05, 3.63) is 0 Å². The minimum absolute atomic E-state index is 0.579. The Morgan fingerprint density at radius 1 is 0.857 bits per heavy atom. The van der Waals surface area contributed by atoms with Gasteiger partial charge in [0.15, 0.2) is 19.7 Å². The van der Waals surface area contributed by atoms with Gasteiger partial charge in [-0.05, 0) is 0 Å². The van der Waals surface area contributed by atoms with Crippen LogP contribution in [0, 0.1) is 0 Å². The minimum atomic E-state index is 0.579. The van der Waals surface area contributed by atoms with Gasteiger partial charge in [-0.3, -0.25) is 0 Å². The Morgan fingerprint density at radius 2 is 1.14 bits per heavy atom. The van der Waals surface area contributed by atoms with Gasteiger partial charge in [0.2, 0.25) is 0 Å². The smallest absolute Gasteiger partial charge is 0.177 e. The molecule has 0 amide bonds. The summed E-state index contributed by atoms with van der Waals surface area (Å²) in [7, 11) is 0. The van der Waals surface area contributed by atoms with Crippen LogP contribution >= 0.6 is 37.4 Å². The van der Waals surface area contributed by atoms with Crippen LogP contribution in [0.3, 0.4) is 0 Å². The van der Waals surface area contributed by atoms with Crippen LogP contribution in [-0.2, 0) is 0 Å². The molecule has 6 heteroatoms. The molecule has 0 saturated heterocycles. The molecule has 0 spiro atoms. The number of rotatable bonds is 3. The normalized spacial score (nSPS) is 8.57. The molecule has 0 rings (SSSR count). The molecule has 0 aliphatic rings. The highest BCUT2D eigenvalue weighted by Crippen LogP contribution is 2.02. The van der Waals surface area contributed by atoms with Crippen molar-refractivity contribution in [2.45, 2.75) is 5.62 Å². The van der Waals surface area contributed by atoms with Crippen LogP contribution in [0.5, 0.6) is 0 Å². The Morgan fingerprint density at radius 3 is 1.14 bits per heavy atom. The van der Waals surface area contributed by atoms with Gasteiger partial charge in [-0.2, -0.15) is 0 Å². The van der Waals surface area contributed by atoms with Gasteiger partial charge < -0.3 is 0 Å². The fourth-order valence-electron chi connectivity index (χ4n) is 0.173. The SMILES string of the molecule is SBC(BS)BS. The van der Waals surface area contributed by atoms with Gasteiger partial charge in [0, 0.05) is 0 Å². The Labute approximate surface area is 62.9 Å². The van der Waals surface area contributed by atoms with E-state index in [0.29, 0.717) is 5.62 Å². The number of hydrogen-bond donors (Lipinski definition) is 3. The molecule has 0 N–H and O–H groups in total. The summed E-state index contributed by atoms with van der Waals surface area (Å²) in [5, 5.41) is 0. The van der Waals surface area contributed by atoms with E-state index in [0.717, 1.165) is 19.7 Å². The van der Waals surface area contributed by atoms with Crippen LogP contribution < -0.4 is 0 Å². The molecule has 0 aromatic rings. The van der Waals surface area contributed by atoms with E-state index < -0.39 is 0 Å². The average Bonchev–Trinajstić information content (AvgIpc) is 1.72. The Hall–Kier alpha value is 1.24. The molecule has 7 heavy (non-hydrogen) atoms. The molecule has 0 bridgehead atoms. The third-order valence-corrected chi connectivity index (χ3v) is 2.32. The first-order valence-electron chi connectivity index (χ1n) is 2.17. The average molecular weight is 148 g/mol. The Kier molecular flexibility index (Phi) is 6.34.